The Labute approximate surface area is 157 Å². The van der Waals surface area contributed by atoms with Crippen LogP contribution in [0.25, 0.3) is 0 Å². The zero-order chi connectivity index (χ0) is 19.5. The Balaban J connectivity index is 2.18. The molecule has 6 nitrogen and oxygen atoms in total. The van der Waals surface area contributed by atoms with E-state index >= 15 is 0 Å². The second-order valence-electron chi connectivity index (χ2n) is 5.79. The number of nitrogen functional groups attached to an aromatic ring is 1. The van der Waals surface area contributed by atoms with E-state index < -0.39 is 5.82 Å². The van der Waals surface area contributed by atoms with Crippen LogP contribution < -0.4 is 22.1 Å². The number of unbranched alkanes of at least 4 members (excludes halogenated alkanes) is 2. The lowest BCUT2D eigenvalue weighted by Crippen LogP contribution is -2.20. The number of halogens is 1. The summed E-state index contributed by atoms with van der Waals surface area (Å²) in [7, 11) is 0. The molecule has 0 atom stereocenters. The van der Waals surface area contributed by atoms with Crippen LogP contribution in [-0.2, 0) is 9.59 Å². The lowest BCUT2D eigenvalue weighted by molar-refractivity contribution is -0.120. The third-order valence-electron chi connectivity index (χ3n) is 3.26. The van der Waals surface area contributed by atoms with Gasteiger partial charge in [-0.25, -0.2) is 4.39 Å². The number of hydrogen-bond acceptors (Lipinski definition) is 5. The van der Waals surface area contributed by atoms with Crippen molar-refractivity contribution in [1.29, 1.82) is 0 Å². The Hall–Kier alpha value is -2.48. The van der Waals surface area contributed by atoms with Gasteiger partial charge in [-0.15, -0.1) is 0 Å². The Morgan fingerprint density at radius 2 is 1.88 bits per heavy atom. The number of thioether (sulfide) groups is 1. The number of amides is 2. The summed E-state index contributed by atoms with van der Waals surface area (Å²) < 4.78 is 13.0. The third kappa shape index (κ3) is 9.12. The molecule has 0 saturated heterocycles. The first-order valence-electron chi connectivity index (χ1n) is 8.20. The number of rotatable bonds is 10. The number of allylic oxidation sites excluding steroid dienone is 1. The fraction of sp³-hybridized carbons (Fsp3) is 0.333. The summed E-state index contributed by atoms with van der Waals surface area (Å²) in [5.74, 6) is -0.760. The van der Waals surface area contributed by atoms with Crippen LogP contribution in [0.4, 0.5) is 15.8 Å². The zero-order valence-electron chi connectivity index (χ0n) is 14.8. The smallest absolute Gasteiger partial charge is 0.224 e. The quantitative estimate of drug-likeness (QED) is 0.367. The predicted molar refractivity (Wildman–Crippen MR) is 105 cm³/mol. The fourth-order valence-corrected chi connectivity index (χ4v) is 2.52. The average Bonchev–Trinajstić information content (AvgIpc) is 2.55. The van der Waals surface area contributed by atoms with E-state index in [1.165, 1.54) is 23.9 Å². The van der Waals surface area contributed by atoms with Crippen LogP contribution >= 0.6 is 11.8 Å². The predicted octanol–water partition coefficient (Wildman–Crippen LogP) is 3.44. The lowest BCUT2D eigenvalue weighted by atomic mass is 10.1. The molecule has 0 saturated carbocycles. The molecule has 142 valence electrons. The van der Waals surface area contributed by atoms with E-state index in [4.69, 9.17) is 11.5 Å². The molecular formula is C18H25FN4O2S. The first kappa shape index (κ1) is 21.6. The molecule has 0 aliphatic carbocycles. The van der Waals surface area contributed by atoms with Crippen LogP contribution in [-0.4, -0.2) is 11.8 Å². The molecule has 6 N–H and O–H groups in total. The minimum atomic E-state index is -0.450. The summed E-state index contributed by atoms with van der Waals surface area (Å²) in [4.78, 5) is 23.6. The monoisotopic (exact) mass is 380 g/mol. The van der Waals surface area contributed by atoms with Gasteiger partial charge in [-0.1, -0.05) is 24.8 Å². The number of hydrogen-bond donors (Lipinski definition) is 4. The third-order valence-corrected chi connectivity index (χ3v) is 4.14. The number of anilines is 2. The van der Waals surface area contributed by atoms with Gasteiger partial charge in [0, 0.05) is 18.5 Å². The summed E-state index contributed by atoms with van der Waals surface area (Å²) in [5.41, 5.74) is 12.4. The van der Waals surface area contributed by atoms with E-state index in [0.717, 1.165) is 12.5 Å². The van der Waals surface area contributed by atoms with Crippen molar-refractivity contribution in [1.82, 2.24) is 5.32 Å². The minimum absolute atomic E-state index is 0.117. The largest absolute Gasteiger partial charge is 0.402 e. The van der Waals surface area contributed by atoms with Gasteiger partial charge in [0.1, 0.15) is 5.82 Å². The SMILES string of the molecule is C=C(NC(=O)CCCCCC(=O)Nc1ccc(F)cc1N)S/C=C(/C)N. The summed E-state index contributed by atoms with van der Waals surface area (Å²) in [5, 5.41) is 7.56. The maximum absolute atomic E-state index is 13.0. The van der Waals surface area contributed by atoms with E-state index in [1.54, 1.807) is 12.3 Å². The van der Waals surface area contributed by atoms with Gasteiger partial charge in [-0.3, -0.25) is 9.59 Å². The van der Waals surface area contributed by atoms with Gasteiger partial charge in [0.25, 0.3) is 0 Å². The maximum atomic E-state index is 13.0. The maximum Gasteiger partial charge on any atom is 0.224 e. The van der Waals surface area contributed by atoms with Crippen LogP contribution in [0.5, 0.6) is 0 Å². The number of nitrogens with one attached hydrogen (secondary N) is 2. The molecule has 0 unspecified atom stereocenters. The van der Waals surface area contributed by atoms with Crippen LogP contribution in [0.1, 0.15) is 39.0 Å². The molecule has 0 aromatic heterocycles. The van der Waals surface area contributed by atoms with Crippen LogP contribution in [0.2, 0.25) is 0 Å². The highest BCUT2D eigenvalue weighted by molar-refractivity contribution is 8.05. The molecule has 0 aliphatic heterocycles. The van der Waals surface area contributed by atoms with E-state index in [9.17, 15) is 14.0 Å². The molecular weight excluding hydrogens is 355 g/mol. The molecule has 0 aliphatic rings. The molecule has 0 heterocycles. The minimum Gasteiger partial charge on any atom is -0.402 e. The number of nitrogens with two attached hydrogens (primary N) is 2. The van der Waals surface area contributed by atoms with Crippen molar-refractivity contribution in [2.24, 2.45) is 5.73 Å². The fourth-order valence-electron chi connectivity index (χ4n) is 2.02. The van der Waals surface area contributed by atoms with Crippen molar-refractivity contribution < 1.29 is 14.0 Å². The summed E-state index contributed by atoms with van der Waals surface area (Å²) in [6.07, 6.45) is 2.71. The zero-order valence-corrected chi connectivity index (χ0v) is 15.6. The van der Waals surface area contributed by atoms with Crippen molar-refractivity contribution in [2.45, 2.75) is 39.0 Å². The molecule has 0 radical (unpaired) electrons. The van der Waals surface area contributed by atoms with E-state index in [0.29, 0.717) is 42.1 Å². The average molecular weight is 380 g/mol. The van der Waals surface area contributed by atoms with Crippen molar-refractivity contribution in [3.8, 4) is 0 Å². The van der Waals surface area contributed by atoms with Gasteiger partial charge in [0.05, 0.1) is 16.4 Å². The summed E-state index contributed by atoms with van der Waals surface area (Å²) in [6, 6.07) is 3.82. The lowest BCUT2D eigenvalue weighted by Gasteiger charge is -2.08. The summed E-state index contributed by atoms with van der Waals surface area (Å²) >= 11 is 1.26. The van der Waals surface area contributed by atoms with E-state index in [-0.39, 0.29) is 17.5 Å². The Bertz CT molecular complexity index is 688. The standard InChI is InChI=1S/C18H25FN4O2S/c1-12(20)11-26-13(2)22-17(24)6-4-3-5-7-18(25)23-16-9-8-14(19)10-15(16)21/h8-11H,2-7,20-21H2,1H3,(H,22,24)(H,23,25)/b12-11-. The molecule has 0 spiro atoms. The van der Waals surface area contributed by atoms with E-state index in [1.807, 2.05) is 0 Å². The molecule has 0 fully saturated rings. The first-order chi connectivity index (χ1) is 12.3. The second kappa shape index (κ2) is 11.2. The van der Waals surface area contributed by atoms with Gasteiger partial charge in [-0.05, 0) is 43.4 Å². The van der Waals surface area contributed by atoms with Gasteiger partial charge in [0.15, 0.2) is 0 Å². The number of carbonyl (C=O) groups is 2. The van der Waals surface area contributed by atoms with Crippen molar-refractivity contribution >= 4 is 35.0 Å². The summed E-state index contributed by atoms with van der Waals surface area (Å²) in [6.45, 7) is 5.48. The van der Waals surface area contributed by atoms with Gasteiger partial charge >= 0.3 is 0 Å². The highest BCUT2D eigenvalue weighted by atomic mass is 32.2. The van der Waals surface area contributed by atoms with Gasteiger partial charge in [0.2, 0.25) is 11.8 Å². The van der Waals surface area contributed by atoms with Crippen LogP contribution in [0, 0.1) is 5.82 Å². The number of carbonyl (C=O) groups excluding carboxylic acids is 2. The number of benzene rings is 1. The Kier molecular flexibility index (Phi) is 9.29. The van der Waals surface area contributed by atoms with Crippen molar-refractivity contribution in [3.63, 3.8) is 0 Å². The topological polar surface area (TPSA) is 110 Å². The van der Waals surface area contributed by atoms with Crippen LogP contribution in [0.15, 0.2) is 40.9 Å². The molecule has 2 amide bonds. The molecule has 0 bridgehead atoms. The van der Waals surface area contributed by atoms with Crippen molar-refractivity contribution in [2.75, 3.05) is 11.1 Å². The first-order valence-corrected chi connectivity index (χ1v) is 9.08. The second-order valence-corrected chi connectivity index (χ2v) is 6.76. The normalized spacial score (nSPS) is 11.1. The highest BCUT2D eigenvalue weighted by Gasteiger charge is 2.07. The van der Waals surface area contributed by atoms with Gasteiger partial charge in [-0.2, -0.15) is 0 Å². The van der Waals surface area contributed by atoms with E-state index in [2.05, 4.69) is 17.2 Å². The van der Waals surface area contributed by atoms with Crippen molar-refractivity contribution in [3.05, 3.63) is 46.7 Å². The Morgan fingerprint density at radius 1 is 1.23 bits per heavy atom. The molecule has 1 rings (SSSR count). The Morgan fingerprint density at radius 3 is 2.50 bits per heavy atom. The van der Waals surface area contributed by atoms with Crippen LogP contribution in [0.3, 0.4) is 0 Å². The molecule has 8 heteroatoms. The molecule has 26 heavy (non-hydrogen) atoms. The molecule has 1 aromatic carbocycles. The highest BCUT2D eigenvalue weighted by Crippen LogP contribution is 2.19. The van der Waals surface area contributed by atoms with Gasteiger partial charge < -0.3 is 22.1 Å². The molecule has 1 aromatic rings.